The maximum atomic E-state index is 11.8. The number of carbonyl (C=O) groups excluding carboxylic acids is 1. The molecule has 0 unspecified atom stereocenters. The van der Waals surface area contributed by atoms with Crippen molar-refractivity contribution < 1.29 is 44.8 Å². The van der Waals surface area contributed by atoms with Gasteiger partial charge in [-0.2, -0.15) is 21.6 Å². The van der Waals surface area contributed by atoms with Gasteiger partial charge in [-0.05, 0) is 10.5 Å². The fraction of sp³-hybridized carbons (Fsp3) is 0.500. The van der Waals surface area contributed by atoms with E-state index in [0.717, 1.165) is 5.56 Å². The van der Waals surface area contributed by atoms with Gasteiger partial charge in [0.2, 0.25) is 0 Å². The minimum atomic E-state index is -5.19. The zero-order chi connectivity index (χ0) is 22.3. The third-order valence-electron chi connectivity index (χ3n) is 2.97. The van der Waals surface area contributed by atoms with E-state index in [9.17, 15) is 21.6 Å². The van der Waals surface area contributed by atoms with E-state index in [2.05, 4.69) is 10.1 Å². The highest BCUT2D eigenvalue weighted by molar-refractivity contribution is 7.86. The van der Waals surface area contributed by atoms with Gasteiger partial charge in [0.25, 0.3) is 10.1 Å². The number of carboxylic acids is 1. The van der Waals surface area contributed by atoms with Crippen LogP contribution in [0.3, 0.4) is 0 Å². The summed E-state index contributed by atoms with van der Waals surface area (Å²) >= 11 is 0. The molecule has 9 nitrogen and oxygen atoms in total. The Labute approximate surface area is 165 Å². The summed E-state index contributed by atoms with van der Waals surface area (Å²) in [7, 11) is -3.55. The molecular formula is C16H20F3N3O6S. The largest absolute Gasteiger partial charge is 0.542 e. The highest BCUT2D eigenvalue weighted by Crippen LogP contribution is 2.15. The zero-order valence-electron chi connectivity index (χ0n) is 15.8. The number of hydrogen-bond acceptors (Lipinski definition) is 8. The number of hydrogen-bond donors (Lipinski definition) is 0. The van der Waals surface area contributed by atoms with Gasteiger partial charge in [-0.1, -0.05) is 25.5 Å². The Bertz CT molecular complexity index is 876. The first-order chi connectivity index (χ1) is 13.2. The molecule has 0 amide bonds. The second-order valence-corrected chi connectivity index (χ2v) is 8.68. The Hall–Kier alpha value is -2.54. The maximum absolute atomic E-state index is 11.8. The van der Waals surface area contributed by atoms with E-state index in [1.165, 1.54) is 12.7 Å². The number of rotatable bonds is 6. The van der Waals surface area contributed by atoms with Gasteiger partial charge in [-0.3, -0.25) is 4.18 Å². The van der Waals surface area contributed by atoms with Crippen molar-refractivity contribution >= 4 is 16.1 Å². The lowest BCUT2D eigenvalue weighted by molar-refractivity contribution is -0.750. The number of nitrogens with zero attached hydrogens (tertiary/aromatic N) is 3. The monoisotopic (exact) mass is 439 g/mol. The van der Waals surface area contributed by atoms with E-state index in [-0.39, 0.29) is 24.3 Å². The van der Waals surface area contributed by atoms with E-state index < -0.39 is 22.3 Å². The Kier molecular flexibility index (Phi) is 8.26. The Morgan fingerprint density at radius 2 is 1.93 bits per heavy atom. The second kappa shape index (κ2) is 9.78. The van der Waals surface area contributed by atoms with Crippen molar-refractivity contribution in [1.82, 2.24) is 10.1 Å². The first-order valence-electron chi connectivity index (χ1n) is 8.09. The lowest BCUT2D eigenvalue weighted by atomic mass is 9.99. The summed E-state index contributed by atoms with van der Waals surface area (Å²) in [5, 5.41) is 12.9. The van der Waals surface area contributed by atoms with Gasteiger partial charge >= 0.3 is 6.18 Å². The fourth-order valence-corrected chi connectivity index (χ4v) is 2.62. The summed E-state index contributed by atoms with van der Waals surface area (Å²) in [5.41, 5.74) is 1.29. The van der Waals surface area contributed by atoms with Crippen molar-refractivity contribution in [3.63, 3.8) is 0 Å². The molecule has 0 aliphatic carbocycles. The second-order valence-electron chi connectivity index (χ2n) is 6.92. The molecule has 0 saturated heterocycles. The summed E-state index contributed by atoms with van der Waals surface area (Å²) in [4.78, 5) is 12.8. The van der Waals surface area contributed by atoms with Gasteiger partial charge in [-0.15, -0.1) is 0 Å². The number of halogens is 3. The first-order valence-corrected chi connectivity index (χ1v) is 9.67. The SMILES string of the molecule is CC(C)(C)COS(=O)(=O)CC[n+]1ccc(-c2cocn2)cn1.O=C([O-])C(F)(F)F. The molecule has 0 atom stereocenters. The van der Waals surface area contributed by atoms with Crippen LogP contribution in [0.2, 0.25) is 0 Å². The number of aromatic nitrogens is 3. The van der Waals surface area contributed by atoms with Crippen LogP contribution in [0.25, 0.3) is 11.3 Å². The predicted octanol–water partition coefficient (Wildman–Crippen LogP) is 0.715. The number of carboxylic acid groups (broad SMARTS) is 1. The molecule has 0 aromatic carbocycles. The first kappa shape index (κ1) is 24.5. The normalized spacial score (nSPS) is 12.2. The number of aryl methyl sites for hydroxylation is 1. The molecule has 0 N–H and O–H groups in total. The Balaban J connectivity index is 0.000000516. The molecule has 2 rings (SSSR count). The van der Waals surface area contributed by atoms with Crippen molar-refractivity contribution in [1.29, 1.82) is 0 Å². The minimum Gasteiger partial charge on any atom is -0.542 e. The highest BCUT2D eigenvalue weighted by atomic mass is 32.2. The van der Waals surface area contributed by atoms with E-state index >= 15 is 0 Å². The fourth-order valence-electron chi connectivity index (χ4n) is 1.55. The van der Waals surface area contributed by atoms with Crippen LogP contribution in [0.5, 0.6) is 0 Å². The standard InChI is InChI=1S/C14H20N3O4S.C2HF3O2/c1-14(2,3)10-21-22(18,19)7-6-17-5-4-12(8-16-17)13-9-20-11-15-13;3-2(4,5)1(6)7/h4-5,8-9,11H,6-7,10H2,1-3H3;(H,6,7)/q+1;/p-1. The van der Waals surface area contributed by atoms with E-state index in [1.807, 2.05) is 20.8 Å². The molecular weight excluding hydrogens is 419 g/mol. The molecule has 162 valence electrons. The summed E-state index contributed by atoms with van der Waals surface area (Å²) < 4.78 is 66.6. The highest BCUT2D eigenvalue weighted by Gasteiger charge is 2.28. The molecule has 2 aromatic rings. The molecule has 2 aromatic heterocycles. The lowest BCUT2D eigenvalue weighted by Gasteiger charge is -2.17. The van der Waals surface area contributed by atoms with Crippen molar-refractivity contribution in [2.45, 2.75) is 33.5 Å². The minimum absolute atomic E-state index is 0.121. The Morgan fingerprint density at radius 1 is 1.31 bits per heavy atom. The average molecular weight is 439 g/mol. The van der Waals surface area contributed by atoms with E-state index in [4.69, 9.17) is 18.5 Å². The summed E-state index contributed by atoms with van der Waals surface area (Å²) in [6, 6.07) is 1.80. The molecule has 0 spiro atoms. The maximum Gasteiger partial charge on any atom is 0.430 e. The summed E-state index contributed by atoms with van der Waals surface area (Å²) in [6.07, 6.45) is 0.978. The third kappa shape index (κ3) is 9.99. The van der Waals surface area contributed by atoms with Gasteiger partial charge in [0.1, 0.15) is 29.9 Å². The van der Waals surface area contributed by atoms with E-state index in [1.54, 1.807) is 23.1 Å². The van der Waals surface area contributed by atoms with Gasteiger partial charge in [0.15, 0.2) is 19.1 Å². The molecule has 2 heterocycles. The van der Waals surface area contributed by atoms with Gasteiger partial charge in [-0.25, -0.2) is 4.98 Å². The van der Waals surface area contributed by atoms with Crippen molar-refractivity contribution in [3.05, 3.63) is 31.1 Å². The zero-order valence-corrected chi connectivity index (χ0v) is 16.7. The summed E-state index contributed by atoms with van der Waals surface area (Å²) in [5.74, 6) is -3.13. The van der Waals surface area contributed by atoms with Crippen molar-refractivity contribution in [2.24, 2.45) is 5.41 Å². The van der Waals surface area contributed by atoms with E-state index in [0.29, 0.717) is 5.69 Å². The quantitative estimate of drug-likeness (QED) is 0.476. The number of aliphatic carboxylic acids is 1. The average Bonchev–Trinajstić information content (AvgIpc) is 3.13. The molecule has 0 aliphatic heterocycles. The lowest BCUT2D eigenvalue weighted by Crippen LogP contribution is -2.40. The van der Waals surface area contributed by atoms with Gasteiger partial charge in [0, 0.05) is 11.6 Å². The van der Waals surface area contributed by atoms with Crippen LogP contribution in [0, 0.1) is 5.41 Å². The van der Waals surface area contributed by atoms with Crippen LogP contribution in [0.4, 0.5) is 13.2 Å². The number of alkyl halides is 3. The summed E-state index contributed by atoms with van der Waals surface area (Å²) in [6.45, 7) is 6.15. The van der Waals surface area contributed by atoms with Crippen LogP contribution in [-0.2, 0) is 25.6 Å². The van der Waals surface area contributed by atoms with Crippen LogP contribution >= 0.6 is 0 Å². The molecule has 0 fully saturated rings. The van der Waals surface area contributed by atoms with Crippen LogP contribution in [-0.4, -0.2) is 43.0 Å². The molecule has 0 radical (unpaired) electrons. The molecule has 0 saturated carbocycles. The number of carbonyl (C=O) groups is 1. The third-order valence-corrected chi connectivity index (χ3v) is 4.13. The number of oxazole rings is 1. The predicted molar refractivity (Wildman–Crippen MR) is 90.2 cm³/mol. The molecule has 0 aliphatic rings. The van der Waals surface area contributed by atoms with Crippen LogP contribution < -0.4 is 9.79 Å². The van der Waals surface area contributed by atoms with Gasteiger partial charge < -0.3 is 14.3 Å². The topological polar surface area (TPSA) is 126 Å². The smallest absolute Gasteiger partial charge is 0.430 e. The Morgan fingerprint density at radius 3 is 2.34 bits per heavy atom. The molecule has 13 heteroatoms. The molecule has 29 heavy (non-hydrogen) atoms. The van der Waals surface area contributed by atoms with Crippen molar-refractivity contribution in [3.8, 4) is 11.3 Å². The van der Waals surface area contributed by atoms with Crippen LogP contribution in [0.1, 0.15) is 20.8 Å². The van der Waals surface area contributed by atoms with Gasteiger partial charge in [0.05, 0.1) is 6.61 Å². The van der Waals surface area contributed by atoms with Crippen LogP contribution in [0.15, 0.2) is 35.5 Å². The molecule has 0 bridgehead atoms. The van der Waals surface area contributed by atoms with Crippen molar-refractivity contribution in [2.75, 3.05) is 12.4 Å².